The van der Waals surface area contributed by atoms with Crippen LogP contribution in [0, 0.1) is 6.92 Å². The van der Waals surface area contributed by atoms with Gasteiger partial charge in [0.25, 0.3) is 0 Å². The van der Waals surface area contributed by atoms with E-state index in [1.807, 2.05) is 24.5 Å². The zero-order valence-electron chi connectivity index (χ0n) is 9.77. The van der Waals surface area contributed by atoms with Gasteiger partial charge in [0.2, 0.25) is 0 Å². The van der Waals surface area contributed by atoms with Crippen LogP contribution in [0.1, 0.15) is 36.0 Å². The molecule has 1 aromatic rings. The van der Waals surface area contributed by atoms with Gasteiger partial charge in [0.05, 0.1) is 6.61 Å². The summed E-state index contributed by atoms with van der Waals surface area (Å²) in [5.41, 5.74) is 4.86. The van der Waals surface area contributed by atoms with E-state index in [0.717, 1.165) is 12.0 Å². The molecule has 1 aliphatic rings. The van der Waals surface area contributed by atoms with E-state index >= 15 is 0 Å². The predicted octanol–water partition coefficient (Wildman–Crippen LogP) is 2.95. The Morgan fingerprint density at radius 1 is 1.44 bits per heavy atom. The maximum absolute atomic E-state index is 9.25. The molecule has 1 N–H and O–H groups in total. The number of hydrogen-bond acceptors (Lipinski definition) is 2. The lowest BCUT2D eigenvalue weighted by atomic mass is 9.87. The number of hydrogen-bond donors (Lipinski definition) is 1. The maximum atomic E-state index is 9.25. The van der Waals surface area contributed by atoms with Gasteiger partial charge < -0.3 is 5.11 Å². The highest BCUT2D eigenvalue weighted by Gasteiger charge is 2.15. The summed E-state index contributed by atoms with van der Waals surface area (Å²) in [7, 11) is 0. The number of aliphatic imine (C=N–C) groups is 1. The second-order valence-corrected chi connectivity index (χ2v) is 4.25. The summed E-state index contributed by atoms with van der Waals surface area (Å²) in [6.45, 7) is 4.39. The lowest BCUT2D eigenvalue weighted by Gasteiger charge is -2.17. The van der Waals surface area contributed by atoms with E-state index in [0.29, 0.717) is 5.92 Å². The van der Waals surface area contributed by atoms with E-state index in [-0.39, 0.29) is 6.61 Å². The first kappa shape index (κ1) is 11.1. The first-order valence-corrected chi connectivity index (χ1v) is 5.64. The highest BCUT2D eigenvalue weighted by molar-refractivity contribution is 5.66. The number of allylic oxidation sites excluding steroid dienone is 1. The lowest BCUT2D eigenvalue weighted by molar-refractivity contribution is 0.281. The molecule has 0 bridgehead atoms. The van der Waals surface area contributed by atoms with Crippen molar-refractivity contribution in [1.29, 1.82) is 0 Å². The molecule has 1 unspecified atom stereocenters. The molecule has 0 spiro atoms. The van der Waals surface area contributed by atoms with E-state index in [1.165, 1.54) is 16.7 Å². The van der Waals surface area contributed by atoms with Crippen LogP contribution in [-0.4, -0.2) is 11.3 Å². The SMILES string of the molecule is Cc1c(CO)cccc1C(C)C1=CN=CC1. The Morgan fingerprint density at radius 3 is 2.88 bits per heavy atom. The van der Waals surface area contributed by atoms with Gasteiger partial charge in [-0.15, -0.1) is 0 Å². The molecule has 0 aliphatic carbocycles. The van der Waals surface area contributed by atoms with Gasteiger partial charge in [-0.25, -0.2) is 0 Å². The summed E-state index contributed by atoms with van der Waals surface area (Å²) in [5.74, 6) is 0.383. The van der Waals surface area contributed by atoms with Crippen LogP contribution in [0.2, 0.25) is 0 Å². The second-order valence-electron chi connectivity index (χ2n) is 4.25. The van der Waals surface area contributed by atoms with Gasteiger partial charge in [0, 0.05) is 24.8 Å². The van der Waals surface area contributed by atoms with Gasteiger partial charge in [-0.2, -0.15) is 0 Å². The molecular formula is C14H17NO. The molecule has 84 valence electrons. The third-order valence-corrected chi connectivity index (χ3v) is 3.35. The van der Waals surface area contributed by atoms with Gasteiger partial charge in [0.15, 0.2) is 0 Å². The van der Waals surface area contributed by atoms with Gasteiger partial charge in [-0.1, -0.05) is 25.1 Å². The fraction of sp³-hybridized carbons (Fsp3) is 0.357. The average Bonchev–Trinajstić information content (AvgIpc) is 2.82. The summed E-state index contributed by atoms with van der Waals surface area (Å²) in [6.07, 6.45) is 4.84. The van der Waals surface area contributed by atoms with E-state index in [9.17, 15) is 5.11 Å². The van der Waals surface area contributed by atoms with Gasteiger partial charge in [-0.05, 0) is 29.2 Å². The monoisotopic (exact) mass is 215 g/mol. The molecule has 0 fully saturated rings. The van der Waals surface area contributed by atoms with Crippen LogP contribution < -0.4 is 0 Å². The summed E-state index contributed by atoms with van der Waals surface area (Å²) >= 11 is 0. The Labute approximate surface area is 96.3 Å². The van der Waals surface area contributed by atoms with Gasteiger partial charge in [0.1, 0.15) is 0 Å². The van der Waals surface area contributed by atoms with Crippen molar-refractivity contribution in [3.8, 4) is 0 Å². The molecule has 0 saturated heterocycles. The van der Waals surface area contributed by atoms with Crippen molar-refractivity contribution >= 4 is 6.21 Å². The maximum Gasteiger partial charge on any atom is 0.0684 e. The third-order valence-electron chi connectivity index (χ3n) is 3.35. The Morgan fingerprint density at radius 2 is 2.25 bits per heavy atom. The zero-order valence-corrected chi connectivity index (χ0v) is 9.77. The molecule has 0 amide bonds. The molecule has 2 rings (SSSR count). The van der Waals surface area contributed by atoms with E-state index in [4.69, 9.17) is 0 Å². The largest absolute Gasteiger partial charge is 0.392 e. The molecule has 1 heterocycles. The highest BCUT2D eigenvalue weighted by Crippen LogP contribution is 2.31. The minimum absolute atomic E-state index is 0.113. The Bertz CT molecular complexity index is 446. The lowest BCUT2D eigenvalue weighted by Crippen LogP contribution is -2.02. The highest BCUT2D eigenvalue weighted by atomic mass is 16.3. The third kappa shape index (κ3) is 1.93. The normalized spacial score (nSPS) is 16.3. The quantitative estimate of drug-likeness (QED) is 0.826. The first-order chi connectivity index (χ1) is 7.74. The number of aliphatic hydroxyl groups excluding tert-OH is 1. The topological polar surface area (TPSA) is 32.6 Å². The van der Waals surface area contributed by atoms with Crippen molar-refractivity contribution in [1.82, 2.24) is 0 Å². The van der Waals surface area contributed by atoms with Crippen LogP contribution in [0.4, 0.5) is 0 Å². The van der Waals surface area contributed by atoms with Crippen molar-refractivity contribution in [2.24, 2.45) is 4.99 Å². The fourth-order valence-corrected chi connectivity index (χ4v) is 2.19. The van der Waals surface area contributed by atoms with Crippen molar-refractivity contribution in [3.05, 3.63) is 46.7 Å². The molecular weight excluding hydrogens is 198 g/mol. The fourth-order valence-electron chi connectivity index (χ4n) is 2.19. The van der Waals surface area contributed by atoms with Gasteiger partial charge >= 0.3 is 0 Å². The second kappa shape index (κ2) is 4.62. The van der Waals surface area contributed by atoms with Crippen molar-refractivity contribution < 1.29 is 5.11 Å². The number of rotatable bonds is 3. The molecule has 0 aromatic heterocycles. The Kier molecular flexibility index (Phi) is 3.20. The summed E-state index contributed by atoms with van der Waals surface area (Å²) in [6, 6.07) is 6.13. The van der Waals surface area contributed by atoms with Crippen molar-refractivity contribution in [2.75, 3.05) is 0 Å². The van der Waals surface area contributed by atoms with Crippen LogP contribution >= 0.6 is 0 Å². The molecule has 1 atom stereocenters. The summed E-state index contributed by atoms with van der Waals surface area (Å²) < 4.78 is 0. The van der Waals surface area contributed by atoms with E-state index in [2.05, 4.69) is 24.9 Å². The molecule has 2 nitrogen and oxygen atoms in total. The number of benzene rings is 1. The molecule has 0 saturated carbocycles. The molecule has 0 radical (unpaired) electrons. The van der Waals surface area contributed by atoms with Crippen LogP contribution in [0.25, 0.3) is 0 Å². The van der Waals surface area contributed by atoms with Crippen LogP contribution in [0.15, 0.2) is 35.0 Å². The molecule has 1 aliphatic heterocycles. The zero-order chi connectivity index (χ0) is 11.5. The number of nitrogens with zero attached hydrogens (tertiary/aromatic N) is 1. The van der Waals surface area contributed by atoms with Gasteiger partial charge in [-0.3, -0.25) is 4.99 Å². The Balaban J connectivity index is 2.33. The van der Waals surface area contributed by atoms with Crippen LogP contribution in [-0.2, 0) is 6.61 Å². The first-order valence-electron chi connectivity index (χ1n) is 5.64. The van der Waals surface area contributed by atoms with Crippen molar-refractivity contribution in [2.45, 2.75) is 32.8 Å². The number of aliphatic hydroxyl groups is 1. The molecule has 16 heavy (non-hydrogen) atoms. The van der Waals surface area contributed by atoms with Crippen LogP contribution in [0.5, 0.6) is 0 Å². The standard InChI is InChI=1S/C14H17NO/c1-10(12-6-7-15-8-12)14-5-3-4-13(9-16)11(14)2/h3-5,7-8,10,16H,6,9H2,1-2H3. The molecule has 2 heteroatoms. The average molecular weight is 215 g/mol. The predicted molar refractivity (Wildman–Crippen MR) is 66.7 cm³/mol. The molecule has 1 aromatic carbocycles. The Hall–Kier alpha value is -1.41. The van der Waals surface area contributed by atoms with Crippen LogP contribution in [0.3, 0.4) is 0 Å². The van der Waals surface area contributed by atoms with Crippen molar-refractivity contribution in [3.63, 3.8) is 0 Å². The smallest absolute Gasteiger partial charge is 0.0684 e. The summed E-state index contributed by atoms with van der Waals surface area (Å²) in [5, 5.41) is 9.25. The summed E-state index contributed by atoms with van der Waals surface area (Å²) in [4.78, 5) is 4.15. The van der Waals surface area contributed by atoms with E-state index < -0.39 is 0 Å². The van der Waals surface area contributed by atoms with E-state index in [1.54, 1.807) is 0 Å². The minimum Gasteiger partial charge on any atom is -0.392 e. The minimum atomic E-state index is 0.113.